The van der Waals surface area contributed by atoms with Gasteiger partial charge in [-0.25, -0.2) is 0 Å². The lowest BCUT2D eigenvalue weighted by Crippen LogP contribution is -2.23. The predicted octanol–water partition coefficient (Wildman–Crippen LogP) is 3.77. The third kappa shape index (κ3) is 3.77. The Hall–Kier alpha value is -1.07. The average molecular weight is 357 g/mol. The Kier molecular flexibility index (Phi) is 5.65. The number of aliphatic carboxylic acids is 1. The first-order valence-corrected chi connectivity index (χ1v) is 8.17. The van der Waals surface area contributed by atoms with E-state index in [9.17, 15) is 15.0 Å². The molecule has 4 nitrogen and oxygen atoms in total. The van der Waals surface area contributed by atoms with Crippen LogP contribution in [-0.4, -0.2) is 22.8 Å². The molecule has 116 valence electrons. The van der Waals surface area contributed by atoms with Crippen LogP contribution in [0, 0.1) is 11.8 Å². The smallest absolute Gasteiger partial charge is 0.306 e. The van der Waals surface area contributed by atoms with Crippen molar-refractivity contribution in [3.63, 3.8) is 0 Å². The van der Waals surface area contributed by atoms with Crippen molar-refractivity contribution in [1.82, 2.24) is 0 Å². The fraction of sp³-hybridized carbons (Fsp3) is 0.562. The van der Waals surface area contributed by atoms with Crippen LogP contribution in [0.2, 0.25) is 0 Å². The normalized spacial score (nSPS) is 23.0. The summed E-state index contributed by atoms with van der Waals surface area (Å²) in [5, 5.41) is 19.7. The van der Waals surface area contributed by atoms with E-state index in [-0.39, 0.29) is 5.92 Å². The molecule has 0 spiro atoms. The van der Waals surface area contributed by atoms with Crippen molar-refractivity contribution in [3.8, 4) is 5.75 Å². The molecule has 1 aromatic carbocycles. The summed E-state index contributed by atoms with van der Waals surface area (Å²) < 4.78 is 6.37. The molecule has 1 saturated carbocycles. The van der Waals surface area contributed by atoms with E-state index >= 15 is 0 Å². The third-order valence-corrected chi connectivity index (χ3v) is 4.67. The van der Waals surface area contributed by atoms with E-state index in [1.807, 2.05) is 25.1 Å². The molecule has 5 heteroatoms. The fourth-order valence-corrected chi connectivity index (χ4v) is 3.46. The highest BCUT2D eigenvalue weighted by Crippen LogP contribution is 2.41. The van der Waals surface area contributed by atoms with Crippen molar-refractivity contribution in [2.75, 3.05) is 6.61 Å². The summed E-state index contributed by atoms with van der Waals surface area (Å²) in [6.07, 6.45) is 2.45. The molecule has 0 amide bonds. The van der Waals surface area contributed by atoms with Gasteiger partial charge in [0.05, 0.1) is 23.1 Å². The van der Waals surface area contributed by atoms with Gasteiger partial charge in [0, 0.05) is 5.92 Å². The average Bonchev–Trinajstić information content (AvgIpc) is 2.94. The zero-order chi connectivity index (χ0) is 15.4. The lowest BCUT2D eigenvalue weighted by atomic mass is 9.87. The zero-order valence-corrected chi connectivity index (χ0v) is 13.7. The molecule has 21 heavy (non-hydrogen) atoms. The summed E-state index contributed by atoms with van der Waals surface area (Å²) in [6.45, 7) is 2.68. The Balaban J connectivity index is 2.14. The van der Waals surface area contributed by atoms with Crippen LogP contribution in [0.15, 0.2) is 22.7 Å². The number of aliphatic hydroxyl groups excluding tert-OH is 1. The Morgan fingerprint density at radius 3 is 2.86 bits per heavy atom. The van der Waals surface area contributed by atoms with E-state index < -0.39 is 18.0 Å². The number of carbonyl (C=O) groups is 1. The number of rotatable bonds is 6. The van der Waals surface area contributed by atoms with Crippen LogP contribution in [-0.2, 0) is 4.79 Å². The summed E-state index contributed by atoms with van der Waals surface area (Å²) in [7, 11) is 0. The molecule has 0 bridgehead atoms. The van der Waals surface area contributed by atoms with Gasteiger partial charge in [-0.05, 0) is 52.9 Å². The van der Waals surface area contributed by atoms with Crippen molar-refractivity contribution in [2.24, 2.45) is 11.8 Å². The molecule has 0 heterocycles. The van der Waals surface area contributed by atoms with Crippen LogP contribution in [0.1, 0.15) is 44.3 Å². The third-order valence-electron chi connectivity index (χ3n) is 4.05. The Labute approximate surface area is 133 Å². The second-order valence-corrected chi connectivity index (χ2v) is 6.38. The van der Waals surface area contributed by atoms with E-state index in [2.05, 4.69) is 15.9 Å². The molecule has 1 aliphatic carbocycles. The first-order chi connectivity index (χ1) is 10.0. The monoisotopic (exact) mass is 356 g/mol. The van der Waals surface area contributed by atoms with Crippen LogP contribution in [0.4, 0.5) is 0 Å². The highest BCUT2D eigenvalue weighted by molar-refractivity contribution is 9.10. The number of carboxylic acids is 1. The van der Waals surface area contributed by atoms with E-state index in [0.717, 1.165) is 35.0 Å². The predicted molar refractivity (Wildman–Crippen MR) is 83.4 cm³/mol. The molecule has 1 aliphatic rings. The van der Waals surface area contributed by atoms with E-state index in [0.29, 0.717) is 13.0 Å². The minimum Gasteiger partial charge on any atom is -0.492 e. The van der Waals surface area contributed by atoms with Gasteiger partial charge < -0.3 is 14.9 Å². The standard InChI is InChI=1S/C16H21BrO4/c1-2-8-21-14-7-6-10(9-13(14)17)15(18)11-4-3-5-12(11)16(19)20/h6-7,9,11-12,15,18H,2-5,8H2,1H3,(H,19,20). The number of hydrogen-bond donors (Lipinski definition) is 2. The maximum Gasteiger partial charge on any atom is 0.306 e. The van der Waals surface area contributed by atoms with Crippen LogP contribution in [0.25, 0.3) is 0 Å². The zero-order valence-electron chi connectivity index (χ0n) is 12.1. The number of hydrogen-bond acceptors (Lipinski definition) is 3. The molecule has 1 fully saturated rings. The summed E-state index contributed by atoms with van der Waals surface area (Å²) in [4.78, 5) is 11.2. The van der Waals surface area contributed by atoms with Crippen molar-refractivity contribution in [1.29, 1.82) is 0 Å². The molecule has 0 saturated heterocycles. The van der Waals surface area contributed by atoms with Gasteiger partial charge in [-0.2, -0.15) is 0 Å². The second kappa shape index (κ2) is 7.27. The maximum absolute atomic E-state index is 11.2. The van der Waals surface area contributed by atoms with Crippen molar-refractivity contribution in [2.45, 2.75) is 38.7 Å². The fourth-order valence-electron chi connectivity index (χ4n) is 2.95. The topological polar surface area (TPSA) is 66.8 Å². The summed E-state index contributed by atoms with van der Waals surface area (Å²) in [5.41, 5.74) is 0.740. The molecule has 2 N–H and O–H groups in total. The molecular formula is C16H21BrO4. The van der Waals surface area contributed by atoms with Crippen LogP contribution < -0.4 is 4.74 Å². The Morgan fingerprint density at radius 1 is 1.48 bits per heavy atom. The first kappa shape index (κ1) is 16.3. The molecule has 1 aromatic rings. The Morgan fingerprint density at radius 2 is 2.24 bits per heavy atom. The number of halogens is 1. The molecule has 3 atom stereocenters. The molecule has 0 aromatic heterocycles. The van der Waals surface area contributed by atoms with Crippen molar-refractivity contribution >= 4 is 21.9 Å². The van der Waals surface area contributed by atoms with E-state index in [1.54, 1.807) is 0 Å². The maximum atomic E-state index is 11.2. The molecule has 0 radical (unpaired) electrons. The van der Waals surface area contributed by atoms with Crippen molar-refractivity contribution in [3.05, 3.63) is 28.2 Å². The summed E-state index contributed by atoms with van der Waals surface area (Å²) >= 11 is 3.45. The van der Waals surface area contributed by atoms with Gasteiger partial charge in [0.25, 0.3) is 0 Å². The van der Waals surface area contributed by atoms with Crippen LogP contribution in [0.5, 0.6) is 5.75 Å². The molecule has 2 rings (SSSR count). The summed E-state index contributed by atoms with van der Waals surface area (Å²) in [6, 6.07) is 5.47. The van der Waals surface area contributed by atoms with E-state index in [1.165, 1.54) is 0 Å². The largest absolute Gasteiger partial charge is 0.492 e. The van der Waals surface area contributed by atoms with Gasteiger partial charge in [-0.1, -0.05) is 19.4 Å². The quantitative estimate of drug-likeness (QED) is 0.813. The van der Waals surface area contributed by atoms with Crippen LogP contribution >= 0.6 is 15.9 Å². The van der Waals surface area contributed by atoms with Gasteiger partial charge in [0.15, 0.2) is 0 Å². The number of aliphatic hydroxyl groups is 1. The number of ether oxygens (including phenoxy) is 1. The minimum atomic E-state index is -0.807. The summed E-state index contributed by atoms with van der Waals surface area (Å²) in [5.74, 6) is -0.723. The lowest BCUT2D eigenvalue weighted by molar-refractivity contribution is -0.144. The lowest BCUT2D eigenvalue weighted by Gasteiger charge is -2.23. The number of carboxylic acid groups (broad SMARTS) is 1. The van der Waals surface area contributed by atoms with Gasteiger partial charge in [0.1, 0.15) is 5.75 Å². The SMILES string of the molecule is CCCOc1ccc(C(O)C2CCCC2C(=O)O)cc1Br. The molecule has 3 unspecified atom stereocenters. The van der Waals surface area contributed by atoms with E-state index in [4.69, 9.17) is 4.74 Å². The van der Waals surface area contributed by atoms with Gasteiger partial charge >= 0.3 is 5.97 Å². The molecular weight excluding hydrogens is 336 g/mol. The van der Waals surface area contributed by atoms with Gasteiger partial charge in [-0.15, -0.1) is 0 Å². The first-order valence-electron chi connectivity index (χ1n) is 7.37. The van der Waals surface area contributed by atoms with Gasteiger partial charge in [-0.3, -0.25) is 4.79 Å². The highest BCUT2D eigenvalue weighted by Gasteiger charge is 2.38. The highest BCUT2D eigenvalue weighted by atomic mass is 79.9. The minimum absolute atomic E-state index is 0.211. The number of benzene rings is 1. The molecule has 0 aliphatic heterocycles. The Bertz CT molecular complexity index is 503. The van der Waals surface area contributed by atoms with Crippen molar-refractivity contribution < 1.29 is 19.7 Å². The van der Waals surface area contributed by atoms with Crippen LogP contribution in [0.3, 0.4) is 0 Å². The second-order valence-electron chi connectivity index (χ2n) is 5.52. The van der Waals surface area contributed by atoms with Gasteiger partial charge in [0.2, 0.25) is 0 Å².